The van der Waals surface area contributed by atoms with Crippen molar-refractivity contribution >= 4 is 11.9 Å². The molecule has 0 unspecified atom stereocenters. The van der Waals surface area contributed by atoms with Crippen LogP contribution < -0.4 is 0 Å². The van der Waals surface area contributed by atoms with Crippen LogP contribution in [0.4, 0.5) is 4.39 Å². The Hall–Kier alpha value is -2.63. The van der Waals surface area contributed by atoms with Crippen LogP contribution in [0.1, 0.15) is 39.3 Å². The number of carbonyl (C=O) groups excluding carboxylic acids is 1. The van der Waals surface area contributed by atoms with Crippen LogP contribution >= 0.6 is 0 Å². The minimum Gasteiger partial charge on any atom is -0.478 e. The first-order valence-corrected chi connectivity index (χ1v) is 7.37. The van der Waals surface area contributed by atoms with Crippen LogP contribution in [0.2, 0.25) is 0 Å². The van der Waals surface area contributed by atoms with Crippen molar-refractivity contribution in [2.24, 2.45) is 0 Å². The fourth-order valence-electron chi connectivity index (χ4n) is 3.10. The van der Waals surface area contributed by atoms with Crippen molar-refractivity contribution in [2.75, 3.05) is 7.11 Å². The average Bonchev–Trinajstić information content (AvgIpc) is 2.93. The van der Waals surface area contributed by atoms with Gasteiger partial charge in [-0.25, -0.2) is 14.0 Å². The number of aromatic nitrogens is 1. The molecule has 0 radical (unpaired) electrons. The number of hydrogen-bond donors (Lipinski definition) is 1. The zero-order chi connectivity index (χ0) is 16.6. The van der Waals surface area contributed by atoms with E-state index >= 15 is 0 Å². The number of carbonyl (C=O) groups is 2. The number of nitrogens with zero attached hydrogens (tertiary/aromatic N) is 1. The van der Waals surface area contributed by atoms with Crippen LogP contribution in [0.5, 0.6) is 0 Å². The van der Waals surface area contributed by atoms with E-state index in [9.17, 15) is 19.1 Å². The Morgan fingerprint density at radius 1 is 1.22 bits per heavy atom. The van der Waals surface area contributed by atoms with E-state index in [1.54, 1.807) is 6.07 Å². The molecule has 3 rings (SSSR count). The summed E-state index contributed by atoms with van der Waals surface area (Å²) in [4.78, 5) is 23.4. The number of benzene rings is 1. The molecule has 2 aromatic rings. The highest BCUT2D eigenvalue weighted by Gasteiger charge is 2.25. The third kappa shape index (κ3) is 2.60. The van der Waals surface area contributed by atoms with Crippen molar-refractivity contribution in [3.8, 4) is 11.3 Å². The van der Waals surface area contributed by atoms with E-state index < -0.39 is 17.8 Å². The van der Waals surface area contributed by atoms with Gasteiger partial charge in [-0.2, -0.15) is 0 Å². The van der Waals surface area contributed by atoms with Crippen LogP contribution in [0.25, 0.3) is 11.3 Å². The molecule has 1 aliphatic heterocycles. The van der Waals surface area contributed by atoms with E-state index in [1.807, 2.05) is 4.57 Å². The van der Waals surface area contributed by atoms with Crippen molar-refractivity contribution in [3.05, 3.63) is 46.9 Å². The first kappa shape index (κ1) is 15.3. The molecule has 1 aromatic carbocycles. The Morgan fingerprint density at radius 3 is 2.70 bits per heavy atom. The summed E-state index contributed by atoms with van der Waals surface area (Å²) in [6.07, 6.45) is 2.58. The lowest BCUT2D eigenvalue weighted by Gasteiger charge is -2.19. The number of fused-ring (bicyclic) bond motifs is 1. The molecule has 0 saturated carbocycles. The molecule has 120 valence electrons. The quantitative estimate of drug-likeness (QED) is 0.883. The lowest BCUT2D eigenvalue weighted by molar-refractivity contribution is 0.0598. The van der Waals surface area contributed by atoms with Crippen molar-refractivity contribution in [1.82, 2.24) is 4.57 Å². The maximum Gasteiger partial charge on any atom is 0.339 e. The highest BCUT2D eigenvalue weighted by molar-refractivity contribution is 5.98. The molecule has 1 N–H and O–H groups in total. The number of aromatic carboxylic acids is 1. The summed E-state index contributed by atoms with van der Waals surface area (Å²) in [5.74, 6) is -2.11. The number of carboxylic acid groups (broad SMARTS) is 1. The van der Waals surface area contributed by atoms with Crippen LogP contribution in [0.15, 0.2) is 24.3 Å². The van der Waals surface area contributed by atoms with Gasteiger partial charge in [-0.05, 0) is 43.5 Å². The highest BCUT2D eigenvalue weighted by Crippen LogP contribution is 2.33. The molecular formula is C17H16FNO4. The molecular weight excluding hydrogens is 301 g/mol. The van der Waals surface area contributed by atoms with E-state index in [-0.39, 0.29) is 11.1 Å². The predicted octanol–water partition coefficient (Wildman–Crippen LogP) is 3.12. The van der Waals surface area contributed by atoms with Gasteiger partial charge in [-0.3, -0.25) is 0 Å². The summed E-state index contributed by atoms with van der Waals surface area (Å²) >= 11 is 0. The van der Waals surface area contributed by atoms with Crippen LogP contribution in [0.3, 0.4) is 0 Å². The van der Waals surface area contributed by atoms with Gasteiger partial charge in [0.2, 0.25) is 0 Å². The standard InChI is InChI=1S/C17H16FNO4/c1-23-17(22)13-9-15(19-7-3-2-4-14(13)19)12-8-10(18)5-6-11(12)16(20)21/h5-6,8-9H,2-4,7H2,1H3,(H,20,21). The number of halogens is 1. The second-order valence-electron chi connectivity index (χ2n) is 5.49. The Kier molecular flexibility index (Phi) is 3.90. The summed E-state index contributed by atoms with van der Waals surface area (Å²) < 4.78 is 20.4. The summed E-state index contributed by atoms with van der Waals surface area (Å²) in [5.41, 5.74) is 2.06. The largest absolute Gasteiger partial charge is 0.478 e. The average molecular weight is 317 g/mol. The Morgan fingerprint density at radius 2 is 2.00 bits per heavy atom. The molecule has 0 fully saturated rings. The van der Waals surface area contributed by atoms with Crippen molar-refractivity contribution in [2.45, 2.75) is 25.8 Å². The van der Waals surface area contributed by atoms with E-state index in [0.29, 0.717) is 24.2 Å². The highest BCUT2D eigenvalue weighted by atomic mass is 19.1. The second kappa shape index (κ2) is 5.87. The first-order valence-electron chi connectivity index (χ1n) is 7.37. The maximum absolute atomic E-state index is 13.7. The van der Waals surface area contributed by atoms with E-state index in [2.05, 4.69) is 0 Å². The molecule has 1 aliphatic rings. The van der Waals surface area contributed by atoms with Crippen LogP contribution in [-0.2, 0) is 17.7 Å². The normalized spacial score (nSPS) is 13.5. The monoisotopic (exact) mass is 317 g/mol. The minimum absolute atomic E-state index is 0.00805. The molecule has 0 atom stereocenters. The van der Waals surface area contributed by atoms with Gasteiger partial charge in [0.1, 0.15) is 5.82 Å². The molecule has 23 heavy (non-hydrogen) atoms. The Balaban J connectivity index is 2.25. The number of rotatable bonds is 3. The molecule has 2 heterocycles. The van der Waals surface area contributed by atoms with Crippen molar-refractivity contribution in [3.63, 3.8) is 0 Å². The van der Waals surface area contributed by atoms with Gasteiger partial charge in [0.25, 0.3) is 0 Å². The predicted molar refractivity (Wildman–Crippen MR) is 81.1 cm³/mol. The molecule has 6 heteroatoms. The topological polar surface area (TPSA) is 68.5 Å². The molecule has 5 nitrogen and oxygen atoms in total. The van der Waals surface area contributed by atoms with Crippen molar-refractivity contribution < 1.29 is 23.8 Å². The van der Waals surface area contributed by atoms with Gasteiger partial charge < -0.3 is 14.4 Å². The molecule has 1 aromatic heterocycles. The fourth-order valence-corrected chi connectivity index (χ4v) is 3.10. The fraction of sp³-hybridized carbons (Fsp3) is 0.294. The number of ether oxygens (including phenoxy) is 1. The number of esters is 1. The van der Waals surface area contributed by atoms with Gasteiger partial charge in [-0.1, -0.05) is 0 Å². The van der Waals surface area contributed by atoms with E-state index in [0.717, 1.165) is 24.6 Å². The summed E-state index contributed by atoms with van der Waals surface area (Å²) in [5, 5.41) is 9.36. The van der Waals surface area contributed by atoms with Crippen LogP contribution in [0, 0.1) is 5.82 Å². The van der Waals surface area contributed by atoms with E-state index in [4.69, 9.17) is 4.74 Å². The summed E-state index contributed by atoms with van der Waals surface area (Å²) in [6, 6.07) is 5.16. The summed E-state index contributed by atoms with van der Waals surface area (Å²) in [6.45, 7) is 0.664. The molecule has 0 amide bonds. The molecule has 0 spiro atoms. The van der Waals surface area contributed by atoms with Crippen LogP contribution in [-0.4, -0.2) is 28.7 Å². The first-order chi connectivity index (χ1) is 11.0. The maximum atomic E-state index is 13.7. The second-order valence-corrected chi connectivity index (χ2v) is 5.49. The van der Waals surface area contributed by atoms with Gasteiger partial charge in [-0.15, -0.1) is 0 Å². The van der Waals surface area contributed by atoms with E-state index in [1.165, 1.54) is 19.2 Å². The van der Waals surface area contributed by atoms with Gasteiger partial charge >= 0.3 is 11.9 Å². The minimum atomic E-state index is -1.13. The molecule has 0 bridgehead atoms. The molecule has 0 aliphatic carbocycles. The Labute approximate surface area is 132 Å². The third-order valence-electron chi connectivity index (χ3n) is 4.15. The number of methoxy groups -OCH3 is 1. The number of hydrogen-bond acceptors (Lipinski definition) is 3. The summed E-state index contributed by atoms with van der Waals surface area (Å²) in [7, 11) is 1.31. The smallest absolute Gasteiger partial charge is 0.339 e. The van der Waals surface area contributed by atoms with Gasteiger partial charge in [0.15, 0.2) is 0 Å². The SMILES string of the molecule is COC(=O)c1cc(-c2cc(F)ccc2C(=O)O)n2c1CCCC2. The third-order valence-corrected chi connectivity index (χ3v) is 4.15. The Bertz CT molecular complexity index is 794. The molecule has 0 saturated heterocycles. The lowest BCUT2D eigenvalue weighted by Crippen LogP contribution is -2.14. The van der Waals surface area contributed by atoms with Gasteiger partial charge in [0.05, 0.1) is 23.9 Å². The van der Waals surface area contributed by atoms with Crippen molar-refractivity contribution in [1.29, 1.82) is 0 Å². The zero-order valence-electron chi connectivity index (χ0n) is 12.6. The number of carboxylic acids is 1. The zero-order valence-corrected chi connectivity index (χ0v) is 12.6. The lowest BCUT2D eigenvalue weighted by atomic mass is 10.0. The van der Waals surface area contributed by atoms with Gasteiger partial charge in [0, 0.05) is 17.8 Å².